The minimum Gasteiger partial charge on any atom is -0.359 e. The number of methoxy groups -OCH3 is 1. The van der Waals surface area contributed by atoms with Gasteiger partial charge >= 0.3 is 0 Å². The summed E-state index contributed by atoms with van der Waals surface area (Å²) in [4.78, 5) is 12.5. The summed E-state index contributed by atoms with van der Waals surface area (Å²) in [6.07, 6.45) is 15.0. The molecule has 27 heavy (non-hydrogen) atoms. The monoisotopic (exact) mass is 374 g/mol. The maximum atomic E-state index is 12.5. The number of hydrogen-bond acceptors (Lipinski definition) is 3. The topological polar surface area (TPSA) is 35.5 Å². The summed E-state index contributed by atoms with van der Waals surface area (Å²) >= 11 is 0. The Hall–Kier alpha value is -1.19. The standard InChI is InChI=1S/C24H38O3/c1-18-7-6-8-19(2)15-16-24(4)21(12-14-23(24)27-17-26-5)11-10-20(3)22(25)13-9-18/h7,10,15,21,23H,6,8-9,11-14,16-17H2,1-5H3/b18-7+,19-15+,20-10+/t21-,23?,24+/m1/s1. The maximum Gasteiger partial charge on any atom is 0.158 e. The SMILES string of the molecule is COCOC1CC[C@H]2C/C=C(\C)C(=O)CC/C(C)=C/CC/C(C)=C/C[C@]12C. The fraction of sp³-hybridized carbons (Fsp3) is 0.708. The van der Waals surface area contributed by atoms with E-state index in [1.807, 2.05) is 6.92 Å². The van der Waals surface area contributed by atoms with Crippen LogP contribution in [0.25, 0.3) is 0 Å². The van der Waals surface area contributed by atoms with Gasteiger partial charge in [0.25, 0.3) is 0 Å². The third kappa shape index (κ3) is 6.15. The predicted molar refractivity (Wildman–Crippen MR) is 112 cm³/mol. The molecular weight excluding hydrogens is 336 g/mol. The highest BCUT2D eigenvalue weighted by atomic mass is 16.7. The van der Waals surface area contributed by atoms with Crippen LogP contribution in [0.1, 0.15) is 79.1 Å². The number of rotatable bonds is 3. The molecule has 1 unspecified atom stereocenters. The molecule has 0 aromatic rings. The molecule has 0 aromatic heterocycles. The summed E-state index contributed by atoms with van der Waals surface area (Å²) in [5.41, 5.74) is 3.80. The molecule has 1 saturated carbocycles. The molecule has 1 fully saturated rings. The molecule has 3 atom stereocenters. The highest BCUT2D eigenvalue weighted by Crippen LogP contribution is 2.49. The van der Waals surface area contributed by atoms with Crippen LogP contribution in [0, 0.1) is 11.3 Å². The minimum atomic E-state index is 0.0888. The average Bonchev–Trinajstić information content (AvgIpc) is 2.95. The van der Waals surface area contributed by atoms with Gasteiger partial charge < -0.3 is 9.47 Å². The Kier molecular flexibility index (Phi) is 8.50. The van der Waals surface area contributed by atoms with E-state index in [4.69, 9.17) is 9.47 Å². The molecule has 0 spiro atoms. The van der Waals surface area contributed by atoms with E-state index in [-0.39, 0.29) is 11.5 Å². The van der Waals surface area contributed by atoms with E-state index in [0.717, 1.165) is 50.5 Å². The molecule has 0 aliphatic heterocycles. The van der Waals surface area contributed by atoms with E-state index in [9.17, 15) is 4.79 Å². The van der Waals surface area contributed by atoms with Gasteiger partial charge in [0, 0.05) is 18.9 Å². The molecule has 0 radical (unpaired) electrons. The van der Waals surface area contributed by atoms with Gasteiger partial charge in [0.1, 0.15) is 6.79 Å². The fourth-order valence-electron chi connectivity index (χ4n) is 4.47. The molecule has 2 aliphatic rings. The summed E-state index contributed by atoms with van der Waals surface area (Å²) in [6.45, 7) is 9.09. The highest BCUT2D eigenvalue weighted by molar-refractivity contribution is 5.94. The van der Waals surface area contributed by atoms with E-state index in [1.54, 1.807) is 7.11 Å². The number of ketones is 1. The Morgan fingerprint density at radius 1 is 1.04 bits per heavy atom. The van der Waals surface area contributed by atoms with Crippen molar-refractivity contribution < 1.29 is 14.3 Å². The van der Waals surface area contributed by atoms with E-state index < -0.39 is 0 Å². The van der Waals surface area contributed by atoms with E-state index >= 15 is 0 Å². The summed E-state index contributed by atoms with van der Waals surface area (Å²) < 4.78 is 11.2. The van der Waals surface area contributed by atoms with Crippen molar-refractivity contribution in [3.63, 3.8) is 0 Å². The van der Waals surface area contributed by atoms with Gasteiger partial charge in [-0.1, -0.05) is 36.3 Å². The van der Waals surface area contributed by atoms with Crippen LogP contribution in [-0.2, 0) is 14.3 Å². The molecule has 0 heterocycles. The second-order valence-corrected chi connectivity index (χ2v) is 8.73. The van der Waals surface area contributed by atoms with Crippen molar-refractivity contribution >= 4 is 5.78 Å². The Labute approximate surface area is 165 Å². The van der Waals surface area contributed by atoms with Crippen molar-refractivity contribution in [3.8, 4) is 0 Å². The maximum absolute atomic E-state index is 12.5. The molecule has 152 valence electrons. The zero-order chi connectivity index (χ0) is 19.9. The van der Waals surface area contributed by atoms with Gasteiger partial charge in [-0.25, -0.2) is 0 Å². The first-order valence-corrected chi connectivity index (χ1v) is 10.5. The third-order valence-electron chi connectivity index (χ3n) is 6.65. The van der Waals surface area contributed by atoms with Crippen LogP contribution < -0.4 is 0 Å². The highest BCUT2D eigenvalue weighted by Gasteiger charge is 2.46. The molecule has 0 saturated heterocycles. The second kappa shape index (κ2) is 10.4. The lowest BCUT2D eigenvalue weighted by Gasteiger charge is -2.36. The number of carbonyl (C=O) groups is 1. The van der Waals surface area contributed by atoms with Gasteiger partial charge in [-0.05, 0) is 77.2 Å². The molecule has 0 aromatic carbocycles. The molecule has 3 heteroatoms. The van der Waals surface area contributed by atoms with Gasteiger partial charge in [0.05, 0.1) is 6.10 Å². The van der Waals surface area contributed by atoms with Crippen molar-refractivity contribution in [3.05, 3.63) is 34.9 Å². The molecule has 2 rings (SSSR count). The van der Waals surface area contributed by atoms with Gasteiger partial charge in [-0.15, -0.1) is 0 Å². The number of allylic oxidation sites excluding steroid dienone is 6. The van der Waals surface area contributed by atoms with Crippen LogP contribution in [0.5, 0.6) is 0 Å². The van der Waals surface area contributed by atoms with Crippen LogP contribution in [0.15, 0.2) is 34.9 Å². The molecule has 0 N–H and O–H groups in total. The van der Waals surface area contributed by atoms with Gasteiger partial charge in [-0.2, -0.15) is 0 Å². The number of Topliss-reactive ketones (excluding diaryl/α,β-unsaturated/α-hetero) is 1. The smallest absolute Gasteiger partial charge is 0.158 e. The van der Waals surface area contributed by atoms with Crippen molar-refractivity contribution in [2.75, 3.05) is 13.9 Å². The van der Waals surface area contributed by atoms with Crippen molar-refractivity contribution in [1.82, 2.24) is 0 Å². The Morgan fingerprint density at radius 3 is 2.52 bits per heavy atom. The number of hydrogen-bond donors (Lipinski definition) is 0. The minimum absolute atomic E-state index is 0.0888. The third-order valence-corrected chi connectivity index (χ3v) is 6.65. The number of carbonyl (C=O) groups excluding carboxylic acids is 1. The zero-order valence-corrected chi connectivity index (χ0v) is 18.0. The Bertz CT molecular complexity index is 599. The number of fused-ring (bicyclic) bond motifs is 1. The average molecular weight is 375 g/mol. The first-order valence-electron chi connectivity index (χ1n) is 10.5. The van der Waals surface area contributed by atoms with Gasteiger partial charge in [-0.3, -0.25) is 4.79 Å². The first-order chi connectivity index (χ1) is 12.9. The van der Waals surface area contributed by atoms with Crippen molar-refractivity contribution in [1.29, 1.82) is 0 Å². The normalized spacial score (nSPS) is 37.1. The predicted octanol–water partition coefficient (Wildman–Crippen LogP) is 6.15. The molecular formula is C24H38O3. The summed E-state index contributed by atoms with van der Waals surface area (Å²) in [7, 11) is 1.68. The van der Waals surface area contributed by atoms with Crippen LogP contribution in [0.4, 0.5) is 0 Å². The van der Waals surface area contributed by atoms with Gasteiger partial charge in [0.2, 0.25) is 0 Å². The van der Waals surface area contributed by atoms with Crippen LogP contribution in [-0.4, -0.2) is 25.8 Å². The quantitative estimate of drug-likeness (QED) is 0.439. The zero-order valence-electron chi connectivity index (χ0n) is 18.0. The Morgan fingerprint density at radius 2 is 1.78 bits per heavy atom. The summed E-state index contributed by atoms with van der Waals surface area (Å²) in [5, 5.41) is 0. The summed E-state index contributed by atoms with van der Waals surface area (Å²) in [6, 6.07) is 0. The second-order valence-electron chi connectivity index (χ2n) is 8.73. The molecule has 0 bridgehead atoms. The van der Waals surface area contributed by atoms with E-state index in [1.165, 1.54) is 11.1 Å². The van der Waals surface area contributed by atoms with Crippen LogP contribution in [0.2, 0.25) is 0 Å². The first kappa shape index (κ1) is 22.1. The Balaban J connectivity index is 2.25. The van der Waals surface area contributed by atoms with Gasteiger partial charge in [0.15, 0.2) is 5.78 Å². The lowest BCUT2D eigenvalue weighted by molar-refractivity contribution is -0.115. The van der Waals surface area contributed by atoms with Crippen LogP contribution in [0.3, 0.4) is 0 Å². The largest absolute Gasteiger partial charge is 0.359 e. The molecule has 0 amide bonds. The lowest BCUT2D eigenvalue weighted by Crippen LogP contribution is -2.34. The number of ether oxygens (including phenoxy) is 2. The molecule has 3 nitrogen and oxygen atoms in total. The van der Waals surface area contributed by atoms with Crippen molar-refractivity contribution in [2.45, 2.75) is 85.2 Å². The van der Waals surface area contributed by atoms with E-state index in [2.05, 4.69) is 39.0 Å². The van der Waals surface area contributed by atoms with Crippen LogP contribution >= 0.6 is 0 Å². The lowest BCUT2D eigenvalue weighted by atomic mass is 9.73. The van der Waals surface area contributed by atoms with Crippen molar-refractivity contribution in [2.24, 2.45) is 11.3 Å². The van der Waals surface area contributed by atoms with E-state index in [0.29, 0.717) is 24.9 Å². The molecule has 2 aliphatic carbocycles. The summed E-state index contributed by atoms with van der Waals surface area (Å²) in [5.74, 6) is 0.829. The fourth-order valence-corrected chi connectivity index (χ4v) is 4.47.